The smallest absolute Gasteiger partial charge is 0.307 e. The lowest BCUT2D eigenvalue weighted by atomic mass is 10.1. The fourth-order valence-electron chi connectivity index (χ4n) is 1.61. The number of carbonyl (C=O) groups is 2. The van der Waals surface area contributed by atoms with E-state index in [4.69, 9.17) is 15.2 Å². The van der Waals surface area contributed by atoms with Crippen LogP contribution in [0.25, 0.3) is 0 Å². The molecule has 20 heavy (non-hydrogen) atoms. The summed E-state index contributed by atoms with van der Waals surface area (Å²) >= 11 is 1.77. The summed E-state index contributed by atoms with van der Waals surface area (Å²) in [5.41, 5.74) is 5.96. The molecule has 0 aliphatic heterocycles. The van der Waals surface area contributed by atoms with Gasteiger partial charge in [-0.05, 0) is 24.9 Å². The topological polar surface area (TPSA) is 90.6 Å². The predicted molar refractivity (Wildman–Crippen MR) is 80.6 cm³/mol. The van der Waals surface area contributed by atoms with Crippen LogP contribution in [-0.4, -0.2) is 55.8 Å². The number of carbonyl (C=O) groups excluding carboxylic acids is 2. The second-order valence-corrected chi connectivity index (χ2v) is 5.55. The molecule has 2 atom stereocenters. The molecule has 0 heterocycles. The van der Waals surface area contributed by atoms with E-state index >= 15 is 0 Å². The fraction of sp³-hybridized carbons (Fsp3) is 0.846. The third-order valence-corrected chi connectivity index (χ3v) is 3.57. The first-order valence-electron chi connectivity index (χ1n) is 6.86. The monoisotopic (exact) mass is 306 g/mol. The van der Waals surface area contributed by atoms with Gasteiger partial charge in [0.15, 0.2) is 6.10 Å². The van der Waals surface area contributed by atoms with Gasteiger partial charge in [-0.15, -0.1) is 0 Å². The highest BCUT2D eigenvalue weighted by Crippen LogP contribution is 2.07. The van der Waals surface area contributed by atoms with Crippen LogP contribution in [0.15, 0.2) is 0 Å². The summed E-state index contributed by atoms with van der Waals surface area (Å²) in [6.07, 6.45) is 0.175. The van der Waals surface area contributed by atoms with Gasteiger partial charge in [0, 0.05) is 19.7 Å². The second-order valence-electron chi connectivity index (χ2n) is 4.15. The van der Waals surface area contributed by atoms with Gasteiger partial charge in [0.05, 0.1) is 13.0 Å². The van der Waals surface area contributed by atoms with Crippen molar-refractivity contribution in [2.45, 2.75) is 38.8 Å². The van der Waals surface area contributed by atoms with Crippen LogP contribution in [0.1, 0.15) is 26.7 Å². The number of nitrogens with one attached hydrogen (secondary N) is 1. The first-order chi connectivity index (χ1) is 9.56. The molecule has 0 fully saturated rings. The minimum Gasteiger partial charge on any atom is -0.466 e. The Hall–Kier alpha value is -0.790. The van der Waals surface area contributed by atoms with Crippen LogP contribution in [0, 0.1) is 0 Å². The molecule has 0 aliphatic rings. The summed E-state index contributed by atoms with van der Waals surface area (Å²) in [5.74, 6) is 1.31. The van der Waals surface area contributed by atoms with E-state index in [-0.39, 0.29) is 30.9 Å². The van der Waals surface area contributed by atoms with E-state index in [1.165, 1.54) is 7.11 Å². The molecule has 0 radical (unpaired) electrons. The van der Waals surface area contributed by atoms with Gasteiger partial charge in [0.1, 0.15) is 0 Å². The number of esters is 1. The van der Waals surface area contributed by atoms with Gasteiger partial charge < -0.3 is 20.5 Å². The number of hydrogen-bond donors (Lipinski definition) is 2. The first-order valence-corrected chi connectivity index (χ1v) is 8.01. The highest BCUT2D eigenvalue weighted by Gasteiger charge is 2.24. The van der Waals surface area contributed by atoms with E-state index in [0.717, 1.165) is 11.5 Å². The molecule has 118 valence electrons. The van der Waals surface area contributed by atoms with E-state index in [0.29, 0.717) is 13.0 Å². The molecule has 0 saturated heterocycles. The lowest BCUT2D eigenvalue weighted by molar-refractivity contribution is -0.143. The maximum atomic E-state index is 11.9. The van der Waals surface area contributed by atoms with Crippen LogP contribution in [0.2, 0.25) is 0 Å². The van der Waals surface area contributed by atoms with Crippen molar-refractivity contribution in [3.8, 4) is 0 Å². The maximum Gasteiger partial charge on any atom is 0.307 e. The lowest BCUT2D eigenvalue weighted by Gasteiger charge is -2.21. The van der Waals surface area contributed by atoms with Crippen molar-refractivity contribution in [1.82, 2.24) is 5.32 Å². The number of amides is 1. The molecular weight excluding hydrogens is 280 g/mol. The molecule has 0 aromatic heterocycles. The number of rotatable bonds is 11. The van der Waals surface area contributed by atoms with E-state index in [1.54, 1.807) is 18.7 Å². The quantitative estimate of drug-likeness (QED) is 0.428. The Morgan fingerprint density at radius 1 is 1.35 bits per heavy atom. The molecule has 0 saturated carbocycles. The normalized spacial score (nSPS) is 13.6. The summed E-state index contributed by atoms with van der Waals surface area (Å²) in [7, 11) is 1.46. The molecule has 0 aromatic rings. The SMILES string of the molecule is CCOC(=O)CCNC(=O)C(OC)C(N)CCSCC. The molecule has 0 bridgehead atoms. The summed E-state index contributed by atoms with van der Waals surface area (Å²) in [6.45, 7) is 4.39. The van der Waals surface area contributed by atoms with Gasteiger partial charge >= 0.3 is 5.97 Å². The van der Waals surface area contributed by atoms with Crippen LogP contribution in [-0.2, 0) is 19.1 Å². The van der Waals surface area contributed by atoms with Crippen molar-refractivity contribution in [2.75, 3.05) is 31.8 Å². The third kappa shape index (κ3) is 8.39. The molecule has 1 amide bonds. The molecule has 3 N–H and O–H groups in total. The van der Waals surface area contributed by atoms with Gasteiger partial charge in [-0.2, -0.15) is 11.8 Å². The van der Waals surface area contributed by atoms with Crippen molar-refractivity contribution in [1.29, 1.82) is 0 Å². The van der Waals surface area contributed by atoms with Crippen molar-refractivity contribution >= 4 is 23.6 Å². The summed E-state index contributed by atoms with van der Waals surface area (Å²) in [5, 5.41) is 2.64. The minimum atomic E-state index is -0.686. The van der Waals surface area contributed by atoms with Gasteiger partial charge in [0.2, 0.25) is 0 Å². The highest BCUT2D eigenvalue weighted by atomic mass is 32.2. The van der Waals surface area contributed by atoms with Crippen molar-refractivity contribution in [3.05, 3.63) is 0 Å². The molecule has 7 heteroatoms. The van der Waals surface area contributed by atoms with E-state index in [1.807, 2.05) is 0 Å². The molecule has 0 aromatic carbocycles. The van der Waals surface area contributed by atoms with Gasteiger partial charge in [-0.25, -0.2) is 0 Å². The highest BCUT2D eigenvalue weighted by molar-refractivity contribution is 7.99. The Bertz CT molecular complexity index is 290. The van der Waals surface area contributed by atoms with Crippen LogP contribution in [0.5, 0.6) is 0 Å². The fourth-order valence-corrected chi connectivity index (χ4v) is 2.34. The summed E-state index contributed by atoms with van der Waals surface area (Å²) < 4.78 is 9.92. The molecule has 0 spiro atoms. The zero-order valence-electron chi connectivity index (χ0n) is 12.5. The Balaban J connectivity index is 4.03. The molecule has 2 unspecified atom stereocenters. The Labute approximate surface area is 125 Å². The predicted octanol–water partition coefficient (Wildman–Crippen LogP) is 0.541. The van der Waals surface area contributed by atoms with Crippen LogP contribution in [0.4, 0.5) is 0 Å². The Kier molecular flexibility index (Phi) is 11.5. The Morgan fingerprint density at radius 3 is 2.60 bits per heavy atom. The number of methoxy groups -OCH3 is 1. The average Bonchev–Trinajstić information content (AvgIpc) is 2.40. The van der Waals surface area contributed by atoms with Crippen molar-refractivity contribution in [2.24, 2.45) is 5.73 Å². The van der Waals surface area contributed by atoms with Crippen LogP contribution < -0.4 is 11.1 Å². The number of thioether (sulfide) groups is 1. The van der Waals surface area contributed by atoms with Crippen molar-refractivity contribution in [3.63, 3.8) is 0 Å². The second kappa shape index (κ2) is 12.0. The maximum absolute atomic E-state index is 11.9. The largest absolute Gasteiger partial charge is 0.466 e. The van der Waals surface area contributed by atoms with Gasteiger partial charge in [-0.3, -0.25) is 9.59 Å². The lowest BCUT2D eigenvalue weighted by Crippen LogP contribution is -2.48. The number of nitrogens with two attached hydrogens (primary N) is 1. The first kappa shape index (κ1) is 19.2. The zero-order valence-corrected chi connectivity index (χ0v) is 13.3. The summed E-state index contributed by atoms with van der Waals surface area (Å²) in [4.78, 5) is 23.1. The number of ether oxygens (including phenoxy) is 2. The van der Waals surface area contributed by atoms with E-state index in [9.17, 15) is 9.59 Å². The third-order valence-electron chi connectivity index (χ3n) is 2.63. The van der Waals surface area contributed by atoms with E-state index < -0.39 is 6.10 Å². The molecule has 6 nitrogen and oxygen atoms in total. The molecule has 0 aliphatic carbocycles. The van der Waals surface area contributed by atoms with Crippen LogP contribution in [0.3, 0.4) is 0 Å². The van der Waals surface area contributed by atoms with E-state index in [2.05, 4.69) is 12.2 Å². The minimum absolute atomic E-state index is 0.150. The van der Waals surface area contributed by atoms with Gasteiger partial charge in [0.25, 0.3) is 5.91 Å². The zero-order chi connectivity index (χ0) is 15.4. The van der Waals surface area contributed by atoms with Crippen LogP contribution >= 0.6 is 11.8 Å². The Morgan fingerprint density at radius 2 is 2.05 bits per heavy atom. The van der Waals surface area contributed by atoms with Crippen molar-refractivity contribution < 1.29 is 19.1 Å². The van der Waals surface area contributed by atoms with Gasteiger partial charge in [-0.1, -0.05) is 6.92 Å². The molecular formula is C13H26N2O4S. The summed E-state index contributed by atoms with van der Waals surface area (Å²) in [6, 6.07) is -0.346. The number of hydrogen-bond acceptors (Lipinski definition) is 6. The molecule has 0 rings (SSSR count). The average molecular weight is 306 g/mol. The standard InChI is InChI=1S/C13H26N2O4S/c1-4-19-11(16)6-8-15-13(17)12(18-3)10(14)7-9-20-5-2/h10,12H,4-9,14H2,1-3H3,(H,15,17).